The molecule has 2 aliphatic rings. The molecule has 6 heteroatoms. The highest BCUT2D eigenvalue weighted by Crippen LogP contribution is 2.28. The van der Waals surface area contributed by atoms with Gasteiger partial charge in [0.1, 0.15) is 6.04 Å². The largest absolute Gasteiger partial charge is 0.344 e. The van der Waals surface area contributed by atoms with Gasteiger partial charge in [0.05, 0.1) is 5.69 Å². The normalized spacial score (nSPS) is 21.0. The Labute approximate surface area is 153 Å². The molecule has 0 bridgehead atoms. The van der Waals surface area contributed by atoms with Crippen LogP contribution in [0.5, 0.6) is 0 Å². The highest BCUT2D eigenvalue weighted by Gasteiger charge is 2.33. The number of hydrogen-bond acceptors (Lipinski definition) is 3. The minimum absolute atomic E-state index is 0.0132. The van der Waals surface area contributed by atoms with Crippen molar-refractivity contribution >= 4 is 11.8 Å². The number of likely N-dealkylation sites (tertiary alicyclic amines) is 1. The Kier molecular flexibility index (Phi) is 4.73. The van der Waals surface area contributed by atoms with Crippen LogP contribution in [-0.2, 0) is 16.0 Å². The second kappa shape index (κ2) is 7.32. The van der Waals surface area contributed by atoms with E-state index in [1.807, 2.05) is 23.1 Å². The summed E-state index contributed by atoms with van der Waals surface area (Å²) in [5, 5.41) is 10.4. The van der Waals surface area contributed by atoms with Crippen LogP contribution in [0.1, 0.15) is 48.6 Å². The van der Waals surface area contributed by atoms with Crippen molar-refractivity contribution in [2.24, 2.45) is 0 Å². The molecule has 1 aromatic heterocycles. The summed E-state index contributed by atoms with van der Waals surface area (Å²) < 4.78 is 0. The number of carbonyl (C=O) groups is 2. The van der Waals surface area contributed by atoms with Crippen molar-refractivity contribution in [3.05, 3.63) is 53.3 Å². The molecule has 0 aliphatic carbocycles. The van der Waals surface area contributed by atoms with Crippen LogP contribution in [0.25, 0.3) is 0 Å². The van der Waals surface area contributed by atoms with Gasteiger partial charge in [0.15, 0.2) is 0 Å². The minimum Gasteiger partial charge on any atom is -0.344 e. The SMILES string of the molecule is O=C1CCC(C(=O)N2CCC(c3cc(Cc4ccccc4)[nH]n3)CC2)N1. The molecule has 3 heterocycles. The number of benzene rings is 1. The van der Waals surface area contributed by atoms with E-state index >= 15 is 0 Å². The lowest BCUT2D eigenvalue weighted by Gasteiger charge is -2.32. The van der Waals surface area contributed by atoms with Gasteiger partial charge in [0.2, 0.25) is 11.8 Å². The smallest absolute Gasteiger partial charge is 0.245 e. The first-order valence-electron chi connectivity index (χ1n) is 9.35. The first kappa shape index (κ1) is 16.8. The van der Waals surface area contributed by atoms with Gasteiger partial charge in [-0.15, -0.1) is 0 Å². The summed E-state index contributed by atoms with van der Waals surface area (Å²) >= 11 is 0. The van der Waals surface area contributed by atoms with Gasteiger partial charge in [-0.05, 0) is 30.9 Å². The van der Waals surface area contributed by atoms with Crippen molar-refractivity contribution < 1.29 is 9.59 Å². The maximum atomic E-state index is 12.5. The maximum Gasteiger partial charge on any atom is 0.245 e. The molecule has 0 saturated carbocycles. The highest BCUT2D eigenvalue weighted by atomic mass is 16.2. The third-order valence-corrected chi connectivity index (χ3v) is 5.41. The predicted molar refractivity (Wildman–Crippen MR) is 97.6 cm³/mol. The lowest BCUT2D eigenvalue weighted by Crippen LogP contribution is -2.47. The number of amides is 2. The molecule has 0 radical (unpaired) electrons. The van der Waals surface area contributed by atoms with Crippen molar-refractivity contribution in [2.45, 2.75) is 44.1 Å². The topological polar surface area (TPSA) is 78.1 Å². The summed E-state index contributed by atoms with van der Waals surface area (Å²) in [7, 11) is 0. The summed E-state index contributed by atoms with van der Waals surface area (Å²) in [6.07, 6.45) is 3.78. The van der Waals surface area contributed by atoms with E-state index in [1.54, 1.807) is 0 Å². The van der Waals surface area contributed by atoms with Crippen LogP contribution in [-0.4, -0.2) is 46.0 Å². The second-order valence-electron chi connectivity index (χ2n) is 7.24. The van der Waals surface area contributed by atoms with E-state index in [0.717, 1.165) is 43.7 Å². The summed E-state index contributed by atoms with van der Waals surface area (Å²) in [5.41, 5.74) is 3.48. The van der Waals surface area contributed by atoms with Gasteiger partial charge in [-0.3, -0.25) is 14.7 Å². The molecule has 2 fully saturated rings. The molecule has 1 unspecified atom stereocenters. The van der Waals surface area contributed by atoms with Crippen LogP contribution in [0.15, 0.2) is 36.4 Å². The number of rotatable bonds is 4. The lowest BCUT2D eigenvalue weighted by molar-refractivity contribution is -0.135. The fourth-order valence-corrected chi connectivity index (χ4v) is 3.91. The van der Waals surface area contributed by atoms with Gasteiger partial charge in [0, 0.05) is 37.5 Å². The molecule has 0 spiro atoms. The fourth-order valence-electron chi connectivity index (χ4n) is 3.91. The zero-order chi connectivity index (χ0) is 17.9. The standard InChI is InChI=1S/C20H24N4O2/c25-19-7-6-17(21-19)20(26)24-10-8-15(9-11-24)18-13-16(22-23-18)12-14-4-2-1-3-5-14/h1-5,13,15,17H,6-12H2,(H,21,25)(H,22,23). The predicted octanol–water partition coefficient (Wildman–Crippen LogP) is 1.99. The number of H-pyrrole nitrogens is 1. The summed E-state index contributed by atoms with van der Waals surface area (Å²) in [5.74, 6) is 0.444. The first-order valence-corrected chi connectivity index (χ1v) is 9.35. The number of nitrogens with zero attached hydrogens (tertiary/aromatic N) is 2. The molecule has 6 nitrogen and oxygen atoms in total. The van der Waals surface area contributed by atoms with Crippen LogP contribution in [0.4, 0.5) is 0 Å². The summed E-state index contributed by atoms with van der Waals surface area (Å²) in [6.45, 7) is 1.47. The zero-order valence-electron chi connectivity index (χ0n) is 14.8. The molecule has 1 aromatic carbocycles. The van der Waals surface area contributed by atoms with Crippen LogP contribution in [0.2, 0.25) is 0 Å². The van der Waals surface area contributed by atoms with Crippen molar-refractivity contribution in [1.29, 1.82) is 0 Å². The van der Waals surface area contributed by atoms with E-state index < -0.39 is 0 Å². The number of aromatic amines is 1. The molecule has 26 heavy (non-hydrogen) atoms. The Hall–Kier alpha value is -2.63. The lowest BCUT2D eigenvalue weighted by atomic mass is 9.92. The second-order valence-corrected chi connectivity index (χ2v) is 7.24. The van der Waals surface area contributed by atoms with Crippen molar-refractivity contribution in [3.63, 3.8) is 0 Å². The number of carbonyl (C=O) groups excluding carboxylic acids is 2. The van der Waals surface area contributed by atoms with E-state index in [2.05, 4.69) is 33.7 Å². The van der Waals surface area contributed by atoms with Crippen LogP contribution >= 0.6 is 0 Å². The average molecular weight is 352 g/mol. The number of hydrogen-bond donors (Lipinski definition) is 2. The highest BCUT2D eigenvalue weighted by molar-refractivity contribution is 5.90. The van der Waals surface area contributed by atoms with E-state index in [1.165, 1.54) is 5.56 Å². The molecule has 2 aliphatic heterocycles. The van der Waals surface area contributed by atoms with E-state index in [-0.39, 0.29) is 17.9 Å². The van der Waals surface area contributed by atoms with Gasteiger partial charge >= 0.3 is 0 Å². The van der Waals surface area contributed by atoms with E-state index in [0.29, 0.717) is 18.8 Å². The van der Waals surface area contributed by atoms with E-state index in [9.17, 15) is 9.59 Å². The minimum atomic E-state index is -0.318. The molecule has 2 amide bonds. The Morgan fingerprint density at radius 1 is 1.15 bits per heavy atom. The monoisotopic (exact) mass is 352 g/mol. The average Bonchev–Trinajstić information content (AvgIpc) is 3.31. The van der Waals surface area contributed by atoms with Gasteiger partial charge in [0.25, 0.3) is 0 Å². The quantitative estimate of drug-likeness (QED) is 0.883. The summed E-state index contributed by atoms with van der Waals surface area (Å²) in [4.78, 5) is 25.7. The molecular formula is C20H24N4O2. The molecule has 2 N–H and O–H groups in total. The molecule has 1 atom stereocenters. The summed E-state index contributed by atoms with van der Waals surface area (Å²) in [6, 6.07) is 12.2. The van der Waals surface area contributed by atoms with Crippen molar-refractivity contribution in [2.75, 3.05) is 13.1 Å². The first-order chi connectivity index (χ1) is 12.7. The van der Waals surface area contributed by atoms with Crippen molar-refractivity contribution in [3.8, 4) is 0 Å². The Bertz CT molecular complexity index is 778. The Morgan fingerprint density at radius 2 is 1.92 bits per heavy atom. The third-order valence-electron chi connectivity index (χ3n) is 5.41. The molecule has 2 aromatic rings. The fraction of sp³-hybridized carbons (Fsp3) is 0.450. The van der Waals surface area contributed by atoms with E-state index in [4.69, 9.17) is 0 Å². The number of aromatic nitrogens is 2. The van der Waals surface area contributed by atoms with Gasteiger partial charge in [-0.2, -0.15) is 5.10 Å². The van der Waals surface area contributed by atoms with Crippen LogP contribution in [0.3, 0.4) is 0 Å². The van der Waals surface area contributed by atoms with Gasteiger partial charge in [-0.1, -0.05) is 30.3 Å². The molecule has 2 saturated heterocycles. The number of piperidine rings is 1. The third kappa shape index (κ3) is 3.64. The van der Waals surface area contributed by atoms with Crippen LogP contribution < -0.4 is 5.32 Å². The van der Waals surface area contributed by atoms with Gasteiger partial charge in [-0.25, -0.2) is 0 Å². The van der Waals surface area contributed by atoms with Gasteiger partial charge < -0.3 is 10.2 Å². The maximum absolute atomic E-state index is 12.5. The zero-order valence-corrected chi connectivity index (χ0v) is 14.8. The Morgan fingerprint density at radius 3 is 2.62 bits per heavy atom. The molecular weight excluding hydrogens is 328 g/mol. The Balaban J connectivity index is 1.32. The molecule has 136 valence electrons. The van der Waals surface area contributed by atoms with Crippen molar-refractivity contribution in [1.82, 2.24) is 20.4 Å². The number of nitrogens with one attached hydrogen (secondary N) is 2. The molecule has 4 rings (SSSR count). The van der Waals surface area contributed by atoms with Crippen LogP contribution in [0, 0.1) is 0 Å².